The Morgan fingerprint density at radius 3 is 2.53 bits per heavy atom. The van der Waals surface area contributed by atoms with Gasteiger partial charge in [0, 0.05) is 6.20 Å². The van der Waals surface area contributed by atoms with Gasteiger partial charge in [-0.05, 0) is 19.4 Å². The fourth-order valence-electron chi connectivity index (χ4n) is 1.55. The summed E-state index contributed by atoms with van der Waals surface area (Å²) in [4.78, 5) is 4.31. The summed E-state index contributed by atoms with van der Waals surface area (Å²) in [5, 5.41) is 9.21. The van der Waals surface area contributed by atoms with Gasteiger partial charge in [-0.1, -0.05) is 29.8 Å². The van der Waals surface area contributed by atoms with Gasteiger partial charge < -0.3 is 5.11 Å². The van der Waals surface area contributed by atoms with Crippen molar-refractivity contribution < 1.29 is 18.3 Å². The number of hydrogen-bond donors (Lipinski definition) is 1. The molecule has 0 fully saturated rings. The fraction of sp³-hybridized carbons (Fsp3) is 0.308. The summed E-state index contributed by atoms with van der Waals surface area (Å²) < 4.78 is 38.1. The lowest BCUT2D eigenvalue weighted by Gasteiger charge is -2.23. The highest BCUT2D eigenvalue weighted by Gasteiger charge is 2.53. The fourth-order valence-corrected chi connectivity index (χ4v) is 2.53. The monoisotopic (exact) mass is 287 g/mol. The molecule has 0 amide bonds. The van der Waals surface area contributed by atoms with Gasteiger partial charge in [-0.3, -0.25) is 0 Å². The summed E-state index contributed by atoms with van der Waals surface area (Å²) in [7, 11) is 0. The average Bonchev–Trinajstić information content (AvgIpc) is 2.77. The molecule has 0 radical (unpaired) electrons. The van der Waals surface area contributed by atoms with Crippen molar-refractivity contribution in [1.29, 1.82) is 0 Å². The zero-order chi connectivity index (χ0) is 14.3. The molecule has 0 spiro atoms. The van der Waals surface area contributed by atoms with Crippen LogP contribution in [0.25, 0.3) is 10.4 Å². The van der Waals surface area contributed by atoms with Gasteiger partial charge >= 0.3 is 6.18 Å². The van der Waals surface area contributed by atoms with Crippen molar-refractivity contribution in [3.63, 3.8) is 0 Å². The highest BCUT2D eigenvalue weighted by molar-refractivity contribution is 7.15. The van der Waals surface area contributed by atoms with Crippen molar-refractivity contribution in [1.82, 2.24) is 4.98 Å². The predicted molar refractivity (Wildman–Crippen MR) is 67.9 cm³/mol. The summed E-state index contributed by atoms with van der Waals surface area (Å²) in [5.41, 5.74) is -1.11. The van der Waals surface area contributed by atoms with Crippen molar-refractivity contribution in [3.05, 3.63) is 41.0 Å². The minimum atomic E-state index is -4.74. The number of aromatic nitrogens is 1. The van der Waals surface area contributed by atoms with E-state index in [1.165, 1.54) is 6.20 Å². The van der Waals surface area contributed by atoms with E-state index in [9.17, 15) is 18.3 Å². The van der Waals surface area contributed by atoms with Crippen molar-refractivity contribution >= 4 is 11.3 Å². The van der Waals surface area contributed by atoms with Crippen molar-refractivity contribution in [2.24, 2.45) is 0 Å². The van der Waals surface area contributed by atoms with E-state index in [0.717, 1.165) is 22.5 Å². The number of thiazole rings is 1. The van der Waals surface area contributed by atoms with Gasteiger partial charge in [-0.2, -0.15) is 13.2 Å². The maximum absolute atomic E-state index is 12.7. The first-order valence-electron chi connectivity index (χ1n) is 5.54. The molecule has 1 aromatic carbocycles. The molecular formula is C13H12F3NOS. The molecule has 1 heterocycles. The van der Waals surface area contributed by atoms with Crippen LogP contribution in [0, 0.1) is 6.92 Å². The lowest BCUT2D eigenvalue weighted by Crippen LogP contribution is -2.39. The number of aryl methyl sites for hydroxylation is 1. The first-order valence-corrected chi connectivity index (χ1v) is 6.36. The average molecular weight is 287 g/mol. The van der Waals surface area contributed by atoms with Gasteiger partial charge in [0.15, 0.2) is 0 Å². The maximum atomic E-state index is 12.7. The van der Waals surface area contributed by atoms with Gasteiger partial charge in [0.25, 0.3) is 0 Å². The number of nitrogens with zero attached hydrogens (tertiary/aromatic N) is 1. The Morgan fingerprint density at radius 1 is 1.26 bits per heavy atom. The highest BCUT2D eigenvalue weighted by atomic mass is 32.1. The third-order valence-electron chi connectivity index (χ3n) is 2.78. The van der Waals surface area contributed by atoms with Crippen LogP contribution in [0.5, 0.6) is 0 Å². The largest absolute Gasteiger partial charge is 0.423 e. The second-order valence-corrected chi connectivity index (χ2v) is 5.50. The van der Waals surface area contributed by atoms with Crippen LogP contribution in [0.2, 0.25) is 0 Å². The molecule has 2 rings (SSSR count). The van der Waals surface area contributed by atoms with Gasteiger partial charge in [0.05, 0.1) is 4.88 Å². The van der Waals surface area contributed by atoms with E-state index in [4.69, 9.17) is 0 Å². The van der Waals surface area contributed by atoms with Crippen molar-refractivity contribution in [2.45, 2.75) is 25.6 Å². The minimum absolute atomic E-state index is 0.350. The Hall–Kier alpha value is -1.40. The van der Waals surface area contributed by atoms with Crippen LogP contribution in [0.3, 0.4) is 0 Å². The molecule has 2 nitrogen and oxygen atoms in total. The molecule has 1 unspecified atom stereocenters. The lowest BCUT2D eigenvalue weighted by atomic mass is 10.1. The number of alkyl halides is 3. The molecular weight excluding hydrogens is 275 g/mol. The second kappa shape index (κ2) is 4.61. The molecule has 2 aromatic rings. The molecule has 0 aliphatic heterocycles. The van der Waals surface area contributed by atoms with Gasteiger partial charge in [0.2, 0.25) is 5.60 Å². The zero-order valence-corrected chi connectivity index (χ0v) is 11.1. The Labute approximate surface area is 112 Å². The summed E-state index contributed by atoms with van der Waals surface area (Å²) in [6, 6.07) is 7.38. The lowest BCUT2D eigenvalue weighted by molar-refractivity contribution is -0.258. The van der Waals surface area contributed by atoms with Crippen LogP contribution in [-0.2, 0) is 5.60 Å². The molecule has 0 aliphatic carbocycles. The Morgan fingerprint density at radius 2 is 1.95 bits per heavy atom. The molecule has 0 saturated carbocycles. The smallest absolute Gasteiger partial charge is 0.375 e. The Kier molecular flexibility index (Phi) is 3.40. The molecule has 1 atom stereocenters. The summed E-state index contributed by atoms with van der Waals surface area (Å²) >= 11 is 0.847. The number of hydrogen-bond acceptors (Lipinski definition) is 3. The topological polar surface area (TPSA) is 33.1 Å². The van der Waals surface area contributed by atoms with Gasteiger partial charge in [-0.15, -0.1) is 11.3 Å². The Balaban J connectivity index is 2.40. The number of aliphatic hydroxyl groups is 1. The van der Waals surface area contributed by atoms with E-state index in [0.29, 0.717) is 11.8 Å². The molecule has 0 bridgehead atoms. The second-order valence-electron chi connectivity index (χ2n) is 4.47. The van der Waals surface area contributed by atoms with Crippen LogP contribution in [0.1, 0.15) is 17.5 Å². The predicted octanol–water partition coefficient (Wildman–Crippen LogP) is 3.89. The third kappa shape index (κ3) is 2.64. The van der Waals surface area contributed by atoms with E-state index >= 15 is 0 Å². The maximum Gasteiger partial charge on any atom is 0.423 e. The number of halogens is 3. The normalized spacial score (nSPS) is 15.3. The highest BCUT2D eigenvalue weighted by Crippen LogP contribution is 2.41. The van der Waals surface area contributed by atoms with Crippen molar-refractivity contribution in [2.75, 3.05) is 0 Å². The molecule has 1 aromatic heterocycles. The summed E-state index contributed by atoms with van der Waals surface area (Å²) in [5.74, 6) is 0. The SMILES string of the molecule is Cc1cccc(-c2cnc(C(C)(O)C(F)(F)F)s2)c1. The quantitative estimate of drug-likeness (QED) is 0.909. The third-order valence-corrected chi connectivity index (χ3v) is 4.03. The first kappa shape index (κ1) is 14.0. The molecule has 0 saturated heterocycles. The Bertz CT molecular complexity index is 590. The molecule has 19 heavy (non-hydrogen) atoms. The molecule has 1 N–H and O–H groups in total. The number of rotatable bonds is 2. The summed E-state index contributed by atoms with van der Waals surface area (Å²) in [6.07, 6.45) is -3.39. The van der Waals surface area contributed by atoms with E-state index in [1.54, 1.807) is 6.07 Å². The standard InChI is InChI=1S/C13H12F3NOS/c1-8-4-3-5-9(6-8)10-7-17-11(19-10)12(2,18)13(14,15)16/h3-7,18H,1-2H3. The van der Waals surface area contributed by atoms with E-state index < -0.39 is 11.8 Å². The molecule has 6 heteroatoms. The van der Waals surface area contributed by atoms with Crippen LogP contribution < -0.4 is 0 Å². The minimum Gasteiger partial charge on any atom is -0.375 e. The molecule has 0 aliphatic rings. The van der Waals surface area contributed by atoms with E-state index in [-0.39, 0.29) is 5.01 Å². The first-order chi connectivity index (χ1) is 8.72. The van der Waals surface area contributed by atoms with Crippen LogP contribution >= 0.6 is 11.3 Å². The van der Waals surface area contributed by atoms with Gasteiger partial charge in [0.1, 0.15) is 5.01 Å². The summed E-state index contributed by atoms with van der Waals surface area (Å²) in [6.45, 7) is 2.61. The zero-order valence-electron chi connectivity index (χ0n) is 10.3. The van der Waals surface area contributed by atoms with Crippen molar-refractivity contribution in [3.8, 4) is 10.4 Å². The van der Waals surface area contributed by atoms with Crippen LogP contribution in [0.4, 0.5) is 13.2 Å². The van der Waals surface area contributed by atoms with Crippen LogP contribution in [-0.4, -0.2) is 16.3 Å². The van der Waals surface area contributed by atoms with E-state index in [1.807, 2.05) is 25.1 Å². The molecule has 102 valence electrons. The van der Waals surface area contributed by atoms with Crippen LogP contribution in [0.15, 0.2) is 30.5 Å². The number of benzene rings is 1. The van der Waals surface area contributed by atoms with Gasteiger partial charge in [-0.25, -0.2) is 4.98 Å². The van der Waals surface area contributed by atoms with E-state index in [2.05, 4.69) is 4.98 Å².